The SMILES string of the molecule is Cc1ccc(CNC(=O)[C@H](Cc2ccccc2)N(Cc2ccc(Cl)cc2)C(=O)CCc2ccc(S(=O)(=O)N3CCCC3)cc2)cc1. The van der Waals surface area contributed by atoms with Crippen LogP contribution >= 0.6 is 11.6 Å². The van der Waals surface area contributed by atoms with Crippen LogP contribution in [0.5, 0.6) is 0 Å². The Morgan fingerprint density at radius 1 is 0.804 bits per heavy atom. The molecule has 46 heavy (non-hydrogen) atoms. The Balaban J connectivity index is 1.36. The molecule has 1 saturated heterocycles. The zero-order chi connectivity index (χ0) is 32.5. The third-order valence-corrected chi connectivity index (χ3v) is 10.5. The first-order chi connectivity index (χ1) is 22.2. The summed E-state index contributed by atoms with van der Waals surface area (Å²) in [5, 5.41) is 3.66. The number of rotatable bonds is 13. The van der Waals surface area contributed by atoms with Gasteiger partial charge in [-0.15, -0.1) is 0 Å². The van der Waals surface area contributed by atoms with E-state index in [1.165, 1.54) is 4.31 Å². The number of aryl methyl sites for hydroxylation is 2. The largest absolute Gasteiger partial charge is 0.350 e. The number of nitrogens with zero attached hydrogens (tertiary/aromatic N) is 2. The van der Waals surface area contributed by atoms with Gasteiger partial charge in [-0.2, -0.15) is 4.31 Å². The number of halogens is 1. The molecule has 240 valence electrons. The van der Waals surface area contributed by atoms with Crippen LogP contribution < -0.4 is 5.32 Å². The zero-order valence-electron chi connectivity index (χ0n) is 26.1. The molecule has 1 fully saturated rings. The van der Waals surface area contributed by atoms with E-state index >= 15 is 0 Å². The third kappa shape index (κ3) is 8.84. The minimum atomic E-state index is -3.51. The summed E-state index contributed by atoms with van der Waals surface area (Å²) in [5.74, 6) is -0.404. The highest BCUT2D eigenvalue weighted by Crippen LogP contribution is 2.23. The number of carbonyl (C=O) groups is 2. The molecule has 0 aromatic heterocycles. The van der Waals surface area contributed by atoms with E-state index in [1.54, 1.807) is 41.3 Å². The molecule has 0 radical (unpaired) electrons. The van der Waals surface area contributed by atoms with Crippen LogP contribution in [0.15, 0.2) is 108 Å². The molecule has 0 aliphatic carbocycles. The van der Waals surface area contributed by atoms with Crippen molar-refractivity contribution in [3.63, 3.8) is 0 Å². The number of nitrogens with one attached hydrogen (secondary N) is 1. The van der Waals surface area contributed by atoms with E-state index in [1.807, 2.05) is 73.7 Å². The highest BCUT2D eigenvalue weighted by atomic mass is 35.5. The molecule has 1 heterocycles. The quantitative estimate of drug-likeness (QED) is 0.182. The van der Waals surface area contributed by atoms with E-state index < -0.39 is 16.1 Å². The van der Waals surface area contributed by atoms with Gasteiger partial charge in [-0.25, -0.2) is 8.42 Å². The van der Waals surface area contributed by atoms with Crippen LogP contribution in [0.25, 0.3) is 0 Å². The van der Waals surface area contributed by atoms with Crippen molar-refractivity contribution in [3.8, 4) is 0 Å². The lowest BCUT2D eigenvalue weighted by molar-refractivity contribution is -0.141. The molecule has 1 atom stereocenters. The molecule has 4 aromatic carbocycles. The summed E-state index contributed by atoms with van der Waals surface area (Å²) in [6.45, 7) is 3.69. The predicted molar refractivity (Wildman–Crippen MR) is 182 cm³/mol. The lowest BCUT2D eigenvalue weighted by Crippen LogP contribution is -2.50. The zero-order valence-corrected chi connectivity index (χ0v) is 27.6. The smallest absolute Gasteiger partial charge is 0.243 e. The molecule has 1 aliphatic heterocycles. The van der Waals surface area contributed by atoms with E-state index in [4.69, 9.17) is 11.6 Å². The summed E-state index contributed by atoms with van der Waals surface area (Å²) in [5.41, 5.74) is 4.77. The van der Waals surface area contributed by atoms with Crippen molar-refractivity contribution < 1.29 is 18.0 Å². The first-order valence-electron chi connectivity index (χ1n) is 15.7. The van der Waals surface area contributed by atoms with Gasteiger partial charge in [0, 0.05) is 44.0 Å². The van der Waals surface area contributed by atoms with Gasteiger partial charge in [-0.1, -0.05) is 96.0 Å². The summed E-state index contributed by atoms with van der Waals surface area (Å²) < 4.78 is 27.4. The third-order valence-electron chi connectivity index (χ3n) is 8.38. The van der Waals surface area contributed by atoms with Crippen LogP contribution in [0.4, 0.5) is 0 Å². The molecule has 7 nitrogen and oxygen atoms in total. The van der Waals surface area contributed by atoms with Gasteiger partial charge in [0.1, 0.15) is 6.04 Å². The average molecular weight is 658 g/mol. The van der Waals surface area contributed by atoms with Gasteiger partial charge >= 0.3 is 0 Å². The summed E-state index contributed by atoms with van der Waals surface area (Å²) in [6.07, 6.45) is 2.66. The Labute approximate surface area is 277 Å². The maximum atomic E-state index is 14.1. The monoisotopic (exact) mass is 657 g/mol. The molecule has 2 amide bonds. The Morgan fingerprint density at radius 2 is 1.41 bits per heavy atom. The molecular weight excluding hydrogens is 618 g/mol. The minimum absolute atomic E-state index is 0.155. The second-order valence-electron chi connectivity index (χ2n) is 11.8. The molecule has 0 spiro atoms. The maximum absolute atomic E-state index is 14.1. The Morgan fingerprint density at radius 3 is 2.07 bits per heavy atom. The number of amides is 2. The highest BCUT2D eigenvalue weighted by molar-refractivity contribution is 7.89. The van der Waals surface area contributed by atoms with Crippen molar-refractivity contribution in [1.29, 1.82) is 0 Å². The molecule has 0 saturated carbocycles. The Kier molecular flexibility index (Phi) is 11.3. The topological polar surface area (TPSA) is 86.8 Å². The molecule has 1 N–H and O–H groups in total. The first kappa shape index (κ1) is 33.4. The van der Waals surface area contributed by atoms with Gasteiger partial charge in [0.15, 0.2) is 0 Å². The number of sulfonamides is 1. The van der Waals surface area contributed by atoms with Crippen molar-refractivity contribution in [2.75, 3.05) is 13.1 Å². The lowest BCUT2D eigenvalue weighted by atomic mass is 10.0. The molecule has 9 heteroatoms. The summed E-state index contributed by atoms with van der Waals surface area (Å²) in [6, 6.07) is 31.0. The Bertz CT molecular complexity index is 1710. The fourth-order valence-electron chi connectivity index (χ4n) is 5.65. The van der Waals surface area contributed by atoms with Crippen molar-refractivity contribution in [2.24, 2.45) is 0 Å². The van der Waals surface area contributed by atoms with Crippen molar-refractivity contribution >= 4 is 33.4 Å². The standard InChI is InChI=1S/C37H40ClN3O4S/c1-28-9-11-31(12-10-28)26-39-37(43)35(25-30-7-3-2-4-8-30)41(27-32-13-18-33(38)19-14-32)36(42)22-17-29-15-20-34(21-16-29)46(44,45)40-23-5-6-24-40/h2-4,7-16,18-21,35H,5-6,17,22-27H2,1H3,(H,39,43)/t35-/m0/s1. The molecule has 0 unspecified atom stereocenters. The van der Waals surface area contributed by atoms with Gasteiger partial charge < -0.3 is 10.2 Å². The number of benzene rings is 4. The van der Waals surface area contributed by atoms with Crippen LogP contribution in [0.3, 0.4) is 0 Å². The van der Waals surface area contributed by atoms with E-state index in [0.29, 0.717) is 37.5 Å². The summed E-state index contributed by atoms with van der Waals surface area (Å²) in [4.78, 5) is 29.9. The van der Waals surface area contributed by atoms with Crippen molar-refractivity contribution in [3.05, 3.63) is 136 Å². The highest BCUT2D eigenvalue weighted by Gasteiger charge is 2.31. The molecule has 5 rings (SSSR count). The van der Waals surface area contributed by atoms with Crippen LogP contribution in [0.2, 0.25) is 5.02 Å². The van der Waals surface area contributed by atoms with Gasteiger partial charge in [-0.3, -0.25) is 9.59 Å². The van der Waals surface area contributed by atoms with E-state index in [2.05, 4.69) is 5.32 Å². The van der Waals surface area contributed by atoms with Crippen LogP contribution in [-0.4, -0.2) is 48.6 Å². The first-order valence-corrected chi connectivity index (χ1v) is 17.5. The summed E-state index contributed by atoms with van der Waals surface area (Å²) >= 11 is 6.15. The number of carbonyl (C=O) groups excluding carboxylic acids is 2. The second-order valence-corrected chi connectivity index (χ2v) is 14.2. The number of hydrogen-bond donors (Lipinski definition) is 1. The molecule has 4 aromatic rings. The van der Waals surface area contributed by atoms with Gasteiger partial charge in [0.25, 0.3) is 0 Å². The minimum Gasteiger partial charge on any atom is -0.350 e. The molecule has 0 bridgehead atoms. The normalized spacial score (nSPS) is 14.1. The Hall–Kier alpha value is -3.98. The second kappa shape index (κ2) is 15.5. The van der Waals surface area contributed by atoms with E-state index in [-0.39, 0.29) is 29.7 Å². The summed E-state index contributed by atoms with van der Waals surface area (Å²) in [7, 11) is -3.51. The lowest BCUT2D eigenvalue weighted by Gasteiger charge is -2.32. The van der Waals surface area contributed by atoms with Crippen LogP contribution in [0.1, 0.15) is 47.1 Å². The fourth-order valence-corrected chi connectivity index (χ4v) is 7.30. The molecular formula is C37H40ClN3O4S. The number of hydrogen-bond acceptors (Lipinski definition) is 4. The molecule has 1 aliphatic rings. The predicted octanol–water partition coefficient (Wildman–Crippen LogP) is 6.32. The van der Waals surface area contributed by atoms with Crippen molar-refractivity contribution in [2.45, 2.75) is 63.1 Å². The van der Waals surface area contributed by atoms with Crippen molar-refractivity contribution in [1.82, 2.24) is 14.5 Å². The maximum Gasteiger partial charge on any atom is 0.243 e. The average Bonchev–Trinajstić information content (AvgIpc) is 3.63. The van der Waals surface area contributed by atoms with Gasteiger partial charge in [0.05, 0.1) is 4.90 Å². The fraction of sp³-hybridized carbons (Fsp3) is 0.297. The van der Waals surface area contributed by atoms with Crippen LogP contribution in [0, 0.1) is 6.92 Å². The van der Waals surface area contributed by atoms with Gasteiger partial charge in [-0.05, 0) is 72.7 Å². The van der Waals surface area contributed by atoms with Crippen LogP contribution in [-0.2, 0) is 45.5 Å². The van der Waals surface area contributed by atoms with E-state index in [0.717, 1.165) is 40.7 Å². The van der Waals surface area contributed by atoms with E-state index in [9.17, 15) is 18.0 Å². The van der Waals surface area contributed by atoms with Gasteiger partial charge in [0.2, 0.25) is 21.8 Å².